The monoisotopic (exact) mass is 454 g/mol. The molecule has 0 aliphatic rings. The van der Waals surface area contributed by atoms with Gasteiger partial charge in [0.15, 0.2) is 4.34 Å². The SMILES string of the molecule is Cc1cc(Br)cc(C(=O)Nc2ccc(Sc3nc4ccccc4s3)cc2)c1. The number of rotatable bonds is 4. The minimum Gasteiger partial charge on any atom is -0.322 e. The van der Waals surface area contributed by atoms with Crippen LogP contribution in [-0.4, -0.2) is 10.9 Å². The number of aryl methyl sites for hydroxylation is 1. The summed E-state index contributed by atoms with van der Waals surface area (Å²) in [6.07, 6.45) is 0. The molecule has 4 aromatic rings. The summed E-state index contributed by atoms with van der Waals surface area (Å²) in [6, 6.07) is 21.6. The van der Waals surface area contributed by atoms with Gasteiger partial charge < -0.3 is 5.32 Å². The van der Waals surface area contributed by atoms with Gasteiger partial charge in [0.2, 0.25) is 0 Å². The Labute approximate surface area is 174 Å². The molecule has 0 aliphatic carbocycles. The van der Waals surface area contributed by atoms with Gasteiger partial charge in [-0.15, -0.1) is 11.3 Å². The predicted molar refractivity (Wildman–Crippen MR) is 117 cm³/mol. The Hall–Kier alpha value is -2.15. The first-order chi connectivity index (χ1) is 13.1. The van der Waals surface area contributed by atoms with Crippen LogP contribution in [0.15, 0.2) is 80.4 Å². The number of anilines is 1. The molecule has 0 aliphatic heterocycles. The lowest BCUT2D eigenvalue weighted by Crippen LogP contribution is -2.12. The second-order valence-electron chi connectivity index (χ2n) is 6.05. The van der Waals surface area contributed by atoms with Crippen molar-refractivity contribution in [2.75, 3.05) is 5.32 Å². The third kappa shape index (κ3) is 4.40. The number of carbonyl (C=O) groups is 1. The van der Waals surface area contributed by atoms with Crippen molar-refractivity contribution in [3.05, 3.63) is 82.3 Å². The number of benzene rings is 3. The Balaban J connectivity index is 1.46. The summed E-state index contributed by atoms with van der Waals surface area (Å²) in [5, 5.41) is 2.94. The summed E-state index contributed by atoms with van der Waals surface area (Å²) in [4.78, 5) is 18.2. The second kappa shape index (κ2) is 7.84. The summed E-state index contributed by atoms with van der Waals surface area (Å²) in [7, 11) is 0. The highest BCUT2D eigenvalue weighted by molar-refractivity contribution is 9.10. The predicted octanol–water partition coefficient (Wildman–Crippen LogP) is 6.77. The van der Waals surface area contributed by atoms with Crippen LogP contribution in [0.3, 0.4) is 0 Å². The minimum absolute atomic E-state index is 0.119. The van der Waals surface area contributed by atoms with E-state index in [0.29, 0.717) is 5.56 Å². The average molecular weight is 455 g/mol. The number of halogens is 1. The van der Waals surface area contributed by atoms with Gasteiger partial charge in [-0.05, 0) is 67.1 Å². The van der Waals surface area contributed by atoms with Gasteiger partial charge in [-0.2, -0.15) is 0 Å². The molecule has 134 valence electrons. The number of fused-ring (bicyclic) bond motifs is 1. The van der Waals surface area contributed by atoms with E-state index in [1.54, 1.807) is 23.1 Å². The molecule has 0 radical (unpaired) electrons. The van der Waals surface area contributed by atoms with Crippen molar-refractivity contribution in [1.82, 2.24) is 4.98 Å². The summed E-state index contributed by atoms with van der Waals surface area (Å²) in [5.74, 6) is -0.119. The van der Waals surface area contributed by atoms with E-state index in [2.05, 4.69) is 32.3 Å². The zero-order chi connectivity index (χ0) is 18.8. The van der Waals surface area contributed by atoms with Crippen molar-refractivity contribution in [3.63, 3.8) is 0 Å². The number of thiazole rings is 1. The van der Waals surface area contributed by atoms with Gasteiger partial charge in [-0.3, -0.25) is 4.79 Å². The molecule has 4 rings (SSSR count). The van der Waals surface area contributed by atoms with Crippen LogP contribution in [0, 0.1) is 6.92 Å². The normalized spacial score (nSPS) is 10.9. The highest BCUT2D eigenvalue weighted by atomic mass is 79.9. The molecule has 0 spiro atoms. The molecule has 27 heavy (non-hydrogen) atoms. The standard InChI is InChI=1S/C21H15BrN2OS2/c1-13-10-14(12-15(22)11-13)20(25)23-16-6-8-17(9-7-16)26-21-24-18-4-2-3-5-19(18)27-21/h2-12H,1H3,(H,23,25). The van der Waals surface area contributed by atoms with Gasteiger partial charge in [-0.1, -0.05) is 39.8 Å². The summed E-state index contributed by atoms with van der Waals surface area (Å²) >= 11 is 6.75. The van der Waals surface area contributed by atoms with Gasteiger partial charge >= 0.3 is 0 Å². The van der Waals surface area contributed by atoms with E-state index in [1.165, 1.54) is 4.70 Å². The summed E-state index contributed by atoms with van der Waals surface area (Å²) in [6.45, 7) is 1.97. The number of para-hydroxylation sites is 1. The lowest BCUT2D eigenvalue weighted by Gasteiger charge is -2.07. The maximum atomic E-state index is 12.4. The fourth-order valence-electron chi connectivity index (χ4n) is 2.67. The van der Waals surface area contributed by atoms with Crippen molar-refractivity contribution in [2.45, 2.75) is 16.2 Å². The average Bonchev–Trinajstić information content (AvgIpc) is 3.05. The van der Waals surface area contributed by atoms with E-state index in [1.807, 2.05) is 67.6 Å². The van der Waals surface area contributed by atoms with Crippen LogP contribution in [0.1, 0.15) is 15.9 Å². The van der Waals surface area contributed by atoms with Crippen molar-refractivity contribution in [2.24, 2.45) is 0 Å². The number of hydrogen-bond acceptors (Lipinski definition) is 4. The molecule has 0 saturated heterocycles. The maximum absolute atomic E-state index is 12.4. The lowest BCUT2D eigenvalue weighted by molar-refractivity contribution is 0.102. The van der Waals surface area contributed by atoms with E-state index in [4.69, 9.17) is 0 Å². The molecule has 1 amide bonds. The van der Waals surface area contributed by atoms with E-state index >= 15 is 0 Å². The highest BCUT2D eigenvalue weighted by Gasteiger charge is 2.09. The zero-order valence-electron chi connectivity index (χ0n) is 14.4. The topological polar surface area (TPSA) is 42.0 Å². The fraction of sp³-hybridized carbons (Fsp3) is 0.0476. The van der Waals surface area contributed by atoms with Gasteiger partial charge in [-0.25, -0.2) is 4.98 Å². The maximum Gasteiger partial charge on any atom is 0.255 e. The summed E-state index contributed by atoms with van der Waals surface area (Å²) in [5.41, 5.74) is 3.47. The molecule has 0 atom stereocenters. The first-order valence-electron chi connectivity index (χ1n) is 8.29. The Morgan fingerprint density at radius 2 is 1.85 bits per heavy atom. The Morgan fingerprint density at radius 1 is 1.07 bits per heavy atom. The van der Waals surface area contributed by atoms with E-state index in [9.17, 15) is 4.79 Å². The Kier molecular flexibility index (Phi) is 5.29. The molecule has 6 heteroatoms. The van der Waals surface area contributed by atoms with Crippen LogP contribution in [0.2, 0.25) is 0 Å². The second-order valence-corrected chi connectivity index (χ2v) is 9.31. The van der Waals surface area contributed by atoms with Gasteiger partial charge in [0.05, 0.1) is 10.2 Å². The number of nitrogens with one attached hydrogen (secondary N) is 1. The van der Waals surface area contributed by atoms with E-state index in [0.717, 1.165) is 30.5 Å². The number of nitrogens with zero attached hydrogens (tertiary/aromatic N) is 1. The molecule has 1 heterocycles. The number of hydrogen-bond donors (Lipinski definition) is 1. The van der Waals surface area contributed by atoms with E-state index < -0.39 is 0 Å². The zero-order valence-corrected chi connectivity index (χ0v) is 17.6. The molecule has 0 unspecified atom stereocenters. The largest absolute Gasteiger partial charge is 0.322 e. The molecule has 1 N–H and O–H groups in total. The number of aromatic nitrogens is 1. The molecule has 0 saturated carbocycles. The molecule has 3 aromatic carbocycles. The fourth-order valence-corrected chi connectivity index (χ4v) is 5.32. The smallest absolute Gasteiger partial charge is 0.255 e. The summed E-state index contributed by atoms with van der Waals surface area (Å²) < 4.78 is 3.10. The molecule has 3 nitrogen and oxygen atoms in total. The lowest BCUT2D eigenvalue weighted by atomic mass is 10.1. The molecule has 0 fully saturated rings. The Bertz CT molecular complexity index is 1070. The van der Waals surface area contributed by atoms with Crippen molar-refractivity contribution in [1.29, 1.82) is 0 Å². The molecular formula is C21H15BrN2OS2. The van der Waals surface area contributed by atoms with Crippen molar-refractivity contribution >= 4 is 60.8 Å². The molecule has 0 bridgehead atoms. The first kappa shape index (κ1) is 18.2. The number of amides is 1. The number of carbonyl (C=O) groups excluding carboxylic acids is 1. The minimum atomic E-state index is -0.119. The van der Waals surface area contributed by atoms with E-state index in [-0.39, 0.29) is 5.91 Å². The van der Waals surface area contributed by atoms with Gasteiger partial charge in [0.25, 0.3) is 5.91 Å². The van der Waals surface area contributed by atoms with Crippen LogP contribution in [0.4, 0.5) is 5.69 Å². The van der Waals surface area contributed by atoms with Crippen LogP contribution in [0.5, 0.6) is 0 Å². The van der Waals surface area contributed by atoms with Crippen LogP contribution in [0.25, 0.3) is 10.2 Å². The van der Waals surface area contributed by atoms with Crippen LogP contribution >= 0.6 is 39.0 Å². The third-order valence-corrected chi connectivity index (χ3v) is 6.46. The van der Waals surface area contributed by atoms with Crippen molar-refractivity contribution < 1.29 is 4.79 Å². The van der Waals surface area contributed by atoms with Crippen LogP contribution in [-0.2, 0) is 0 Å². The van der Waals surface area contributed by atoms with Gasteiger partial charge in [0, 0.05) is 20.6 Å². The van der Waals surface area contributed by atoms with Gasteiger partial charge in [0.1, 0.15) is 0 Å². The third-order valence-electron chi connectivity index (χ3n) is 3.90. The Morgan fingerprint density at radius 3 is 2.59 bits per heavy atom. The quantitative estimate of drug-likeness (QED) is 0.369. The first-order valence-corrected chi connectivity index (χ1v) is 10.7. The highest BCUT2D eigenvalue weighted by Crippen LogP contribution is 2.34. The van der Waals surface area contributed by atoms with Crippen LogP contribution < -0.4 is 5.32 Å². The molecule has 1 aromatic heterocycles. The van der Waals surface area contributed by atoms with Crippen molar-refractivity contribution in [3.8, 4) is 0 Å². The molecular weight excluding hydrogens is 440 g/mol.